The number of nitrogens with zero attached hydrogens (tertiary/aromatic N) is 2. The van der Waals surface area contributed by atoms with Crippen LogP contribution in [0.1, 0.15) is 22.3 Å². The summed E-state index contributed by atoms with van der Waals surface area (Å²) in [4.78, 5) is 10.4. The molecule has 0 fully saturated rings. The monoisotopic (exact) mass is 596 g/mol. The number of benzene rings is 7. The van der Waals surface area contributed by atoms with E-state index < -0.39 is 5.41 Å². The lowest BCUT2D eigenvalue weighted by Crippen LogP contribution is -2.26. The smallest absolute Gasteiger partial charge is 0.0972 e. The van der Waals surface area contributed by atoms with Crippen molar-refractivity contribution in [3.8, 4) is 56.0 Å². The van der Waals surface area contributed by atoms with Crippen LogP contribution in [-0.2, 0) is 5.41 Å². The van der Waals surface area contributed by atoms with Gasteiger partial charge in [0.05, 0.1) is 28.7 Å². The molecule has 0 bridgehead atoms. The fraction of sp³-hybridized carbons (Fsp3) is 0.0222. The summed E-state index contributed by atoms with van der Waals surface area (Å²) in [5.74, 6) is 0. The van der Waals surface area contributed by atoms with Crippen LogP contribution in [0.15, 0.2) is 170 Å². The van der Waals surface area contributed by atoms with E-state index in [9.17, 15) is 0 Å². The minimum absolute atomic E-state index is 0.442. The van der Waals surface area contributed by atoms with Crippen LogP contribution in [0.2, 0.25) is 0 Å². The molecule has 2 aliphatic carbocycles. The first-order chi connectivity index (χ1) is 23.3. The molecule has 10 rings (SSSR count). The van der Waals surface area contributed by atoms with Gasteiger partial charge in [-0.2, -0.15) is 0 Å². The molecule has 218 valence electrons. The molecule has 0 amide bonds. The second-order valence-corrected chi connectivity index (χ2v) is 12.5. The van der Waals surface area contributed by atoms with Gasteiger partial charge in [-0.25, -0.2) is 4.98 Å². The van der Waals surface area contributed by atoms with Crippen LogP contribution in [0.5, 0.6) is 0 Å². The summed E-state index contributed by atoms with van der Waals surface area (Å²) in [5, 5.41) is 2.52. The van der Waals surface area contributed by atoms with Gasteiger partial charge in [0.15, 0.2) is 0 Å². The molecule has 1 atom stereocenters. The van der Waals surface area contributed by atoms with Gasteiger partial charge in [0.25, 0.3) is 0 Å². The van der Waals surface area contributed by atoms with Gasteiger partial charge in [0.2, 0.25) is 0 Å². The average Bonchev–Trinajstić information content (AvgIpc) is 3.61. The van der Waals surface area contributed by atoms with Gasteiger partial charge in [0, 0.05) is 16.7 Å². The molecule has 0 saturated carbocycles. The van der Waals surface area contributed by atoms with Crippen LogP contribution in [0.4, 0.5) is 0 Å². The molecule has 2 nitrogen and oxygen atoms in total. The van der Waals surface area contributed by atoms with Gasteiger partial charge in [-0.1, -0.05) is 146 Å². The van der Waals surface area contributed by atoms with Gasteiger partial charge >= 0.3 is 0 Å². The van der Waals surface area contributed by atoms with E-state index in [0.29, 0.717) is 0 Å². The third-order valence-electron chi connectivity index (χ3n) is 10.1. The van der Waals surface area contributed by atoms with Gasteiger partial charge in [-0.05, 0) is 73.5 Å². The summed E-state index contributed by atoms with van der Waals surface area (Å²) in [6.07, 6.45) is 1.92. The van der Waals surface area contributed by atoms with Crippen LogP contribution >= 0.6 is 0 Å². The largest absolute Gasteiger partial charge is 0.252 e. The van der Waals surface area contributed by atoms with Crippen molar-refractivity contribution in [1.82, 2.24) is 9.97 Å². The minimum atomic E-state index is -0.442. The van der Waals surface area contributed by atoms with Gasteiger partial charge in [-0.15, -0.1) is 0 Å². The quantitative estimate of drug-likeness (QED) is 0.203. The lowest BCUT2D eigenvalue weighted by atomic mass is 9.70. The van der Waals surface area contributed by atoms with E-state index >= 15 is 0 Å². The van der Waals surface area contributed by atoms with Gasteiger partial charge in [0.1, 0.15) is 0 Å². The van der Waals surface area contributed by atoms with Crippen molar-refractivity contribution < 1.29 is 0 Å². The zero-order chi connectivity index (χ0) is 31.0. The van der Waals surface area contributed by atoms with Crippen LogP contribution in [0, 0.1) is 0 Å². The van der Waals surface area contributed by atoms with Crippen molar-refractivity contribution in [3.63, 3.8) is 0 Å². The lowest BCUT2D eigenvalue weighted by molar-refractivity contribution is 0.795. The molecule has 8 aromatic rings. The van der Waals surface area contributed by atoms with E-state index in [2.05, 4.69) is 140 Å². The van der Waals surface area contributed by atoms with Crippen molar-refractivity contribution in [2.75, 3.05) is 0 Å². The average molecular weight is 597 g/mol. The van der Waals surface area contributed by atoms with E-state index in [1.54, 1.807) is 0 Å². The first-order valence-electron chi connectivity index (χ1n) is 16.2. The summed E-state index contributed by atoms with van der Waals surface area (Å²) in [6.45, 7) is 0. The number of rotatable bonds is 3. The Balaban J connectivity index is 1.27. The number of fused-ring (bicyclic) bond motifs is 11. The molecule has 1 aromatic heterocycles. The van der Waals surface area contributed by atoms with E-state index in [1.807, 2.05) is 30.5 Å². The Labute approximate surface area is 273 Å². The molecule has 0 radical (unpaired) electrons. The number of hydrogen-bond acceptors (Lipinski definition) is 2. The molecule has 2 aliphatic rings. The second-order valence-electron chi connectivity index (χ2n) is 12.5. The SMILES string of the molecule is c1ccc(-c2cnc(-c3ccc4c(c3)C3(c5ccccc5-4)c4ccccc4-c4cc5ccccc5cc43)c(-c3ccccc3)n2)cc1. The molecular weight excluding hydrogens is 569 g/mol. The van der Waals surface area contributed by atoms with Crippen molar-refractivity contribution in [3.05, 3.63) is 192 Å². The molecule has 0 aliphatic heterocycles. The number of aromatic nitrogens is 2. The molecular formula is C45H28N2. The first-order valence-corrected chi connectivity index (χ1v) is 16.2. The fourth-order valence-corrected chi connectivity index (χ4v) is 8.12. The molecule has 1 unspecified atom stereocenters. The van der Waals surface area contributed by atoms with Crippen LogP contribution in [0.25, 0.3) is 66.8 Å². The topological polar surface area (TPSA) is 25.8 Å². The highest BCUT2D eigenvalue weighted by molar-refractivity contribution is 6.00. The fourth-order valence-electron chi connectivity index (χ4n) is 8.12. The van der Waals surface area contributed by atoms with Crippen molar-refractivity contribution >= 4 is 10.8 Å². The molecule has 0 saturated heterocycles. The predicted molar refractivity (Wildman–Crippen MR) is 192 cm³/mol. The van der Waals surface area contributed by atoms with E-state index in [-0.39, 0.29) is 0 Å². The minimum Gasteiger partial charge on any atom is -0.252 e. The standard InChI is InChI=1S/C45H28N2/c1-3-13-29(14-4-1)42-28-46-43(44(47-42)30-15-5-2-6-16-30)33-23-24-36-34-19-9-11-21-38(34)45(40(36)27-33)39-22-12-10-20-35(39)37-25-31-17-7-8-18-32(31)26-41(37)45/h1-28H. The molecule has 2 heteroatoms. The maximum absolute atomic E-state index is 5.26. The maximum atomic E-state index is 5.26. The highest BCUT2D eigenvalue weighted by Gasteiger charge is 2.51. The Bertz CT molecular complexity index is 2520. The normalized spacial score (nSPS) is 15.3. The van der Waals surface area contributed by atoms with E-state index in [0.717, 1.165) is 33.8 Å². The summed E-state index contributed by atoms with van der Waals surface area (Å²) < 4.78 is 0. The summed E-state index contributed by atoms with van der Waals surface area (Å²) in [7, 11) is 0. The Morgan fingerprint density at radius 3 is 1.64 bits per heavy atom. The second kappa shape index (κ2) is 9.94. The Morgan fingerprint density at radius 1 is 0.362 bits per heavy atom. The predicted octanol–water partition coefficient (Wildman–Crippen LogP) is 11.0. The summed E-state index contributed by atoms with van der Waals surface area (Å²) in [6, 6.07) is 59.2. The first kappa shape index (κ1) is 26.1. The third-order valence-corrected chi connectivity index (χ3v) is 10.1. The molecule has 1 spiro atoms. The highest BCUT2D eigenvalue weighted by Crippen LogP contribution is 2.63. The molecule has 0 N–H and O–H groups in total. The van der Waals surface area contributed by atoms with Crippen molar-refractivity contribution in [2.24, 2.45) is 0 Å². The third kappa shape index (κ3) is 3.67. The Morgan fingerprint density at radius 2 is 0.915 bits per heavy atom. The van der Waals surface area contributed by atoms with Gasteiger partial charge < -0.3 is 0 Å². The number of hydrogen-bond donors (Lipinski definition) is 0. The van der Waals surface area contributed by atoms with E-state index in [1.165, 1.54) is 55.3 Å². The van der Waals surface area contributed by atoms with Crippen molar-refractivity contribution in [1.29, 1.82) is 0 Å². The van der Waals surface area contributed by atoms with Gasteiger partial charge in [-0.3, -0.25) is 4.98 Å². The summed E-state index contributed by atoms with van der Waals surface area (Å²) >= 11 is 0. The van der Waals surface area contributed by atoms with E-state index in [4.69, 9.17) is 9.97 Å². The molecule has 7 aromatic carbocycles. The highest BCUT2D eigenvalue weighted by atomic mass is 14.8. The molecule has 1 heterocycles. The zero-order valence-electron chi connectivity index (χ0n) is 25.6. The zero-order valence-corrected chi connectivity index (χ0v) is 25.6. The van der Waals surface area contributed by atoms with Crippen molar-refractivity contribution in [2.45, 2.75) is 5.41 Å². The maximum Gasteiger partial charge on any atom is 0.0972 e. The molecule has 47 heavy (non-hydrogen) atoms. The van der Waals surface area contributed by atoms with Crippen LogP contribution < -0.4 is 0 Å². The van der Waals surface area contributed by atoms with Crippen LogP contribution in [-0.4, -0.2) is 9.97 Å². The Kier molecular flexibility index (Phi) is 5.53. The Hall–Kier alpha value is -6.12. The lowest BCUT2D eigenvalue weighted by Gasteiger charge is -2.31. The van der Waals surface area contributed by atoms with Crippen LogP contribution in [0.3, 0.4) is 0 Å². The summed E-state index contributed by atoms with van der Waals surface area (Å²) in [5.41, 5.74) is 15.8.